The Bertz CT molecular complexity index is 781. The van der Waals surface area contributed by atoms with Crippen molar-refractivity contribution in [2.24, 2.45) is 23.7 Å². The second kappa shape index (κ2) is 7.46. The summed E-state index contributed by atoms with van der Waals surface area (Å²) in [5.74, 6) is -2.79. The van der Waals surface area contributed by atoms with Crippen LogP contribution in [-0.2, 0) is 9.59 Å². The molecule has 2 fully saturated rings. The van der Waals surface area contributed by atoms with Gasteiger partial charge in [-0.25, -0.2) is 0 Å². The number of allylic oxidation sites excluding steroid dienone is 2. The maximum Gasteiger partial charge on any atom is 0.307 e. The maximum absolute atomic E-state index is 13.0. The van der Waals surface area contributed by atoms with E-state index >= 15 is 0 Å². The van der Waals surface area contributed by atoms with Gasteiger partial charge >= 0.3 is 5.97 Å². The average Bonchev–Trinajstić information content (AvgIpc) is 3.33. The highest BCUT2D eigenvalue weighted by Gasteiger charge is 2.48. The number of carbonyl (C=O) groups excluding carboxylic acids is 2. The Labute approximate surface area is 162 Å². The third-order valence-electron chi connectivity index (χ3n) is 6.17. The third kappa shape index (κ3) is 3.52. The first-order chi connectivity index (χ1) is 13.0. The van der Waals surface area contributed by atoms with Gasteiger partial charge in [0.05, 0.1) is 17.4 Å². The van der Waals surface area contributed by atoms with Crippen molar-refractivity contribution in [2.75, 3.05) is 5.32 Å². The summed E-state index contributed by atoms with van der Waals surface area (Å²) in [5.41, 5.74) is 0.462. The molecule has 1 aromatic rings. The van der Waals surface area contributed by atoms with Gasteiger partial charge < -0.3 is 15.7 Å². The lowest BCUT2D eigenvalue weighted by Gasteiger charge is -2.41. The summed E-state index contributed by atoms with van der Waals surface area (Å²) in [7, 11) is 0. The number of rotatable bonds is 5. The minimum absolute atomic E-state index is 0.0492. The van der Waals surface area contributed by atoms with E-state index in [1.165, 1.54) is 11.3 Å². The van der Waals surface area contributed by atoms with Gasteiger partial charge in [0.15, 0.2) is 0 Å². The van der Waals surface area contributed by atoms with Gasteiger partial charge in [-0.1, -0.05) is 25.0 Å². The van der Waals surface area contributed by atoms with Crippen LogP contribution in [0.15, 0.2) is 23.6 Å². The van der Waals surface area contributed by atoms with Gasteiger partial charge in [0.1, 0.15) is 5.00 Å². The molecule has 4 aliphatic carbocycles. The van der Waals surface area contributed by atoms with E-state index in [1.54, 1.807) is 11.4 Å². The molecule has 1 heterocycles. The Kier molecular flexibility index (Phi) is 5.04. The van der Waals surface area contributed by atoms with E-state index in [2.05, 4.69) is 10.6 Å². The normalized spacial score (nSPS) is 29.6. The highest BCUT2D eigenvalue weighted by molar-refractivity contribution is 7.14. The lowest BCUT2D eigenvalue weighted by atomic mass is 9.62. The molecule has 4 aliphatic rings. The van der Waals surface area contributed by atoms with Crippen molar-refractivity contribution in [3.05, 3.63) is 29.2 Å². The molecule has 0 aromatic carbocycles. The third-order valence-corrected chi connectivity index (χ3v) is 7.00. The zero-order valence-electron chi connectivity index (χ0n) is 15.0. The molecule has 2 saturated carbocycles. The van der Waals surface area contributed by atoms with E-state index in [0.29, 0.717) is 10.6 Å². The molecule has 6 nitrogen and oxygen atoms in total. The number of amides is 2. The van der Waals surface area contributed by atoms with Crippen LogP contribution in [0.5, 0.6) is 0 Å². The number of hydrogen-bond donors (Lipinski definition) is 3. The van der Waals surface area contributed by atoms with E-state index in [0.717, 1.165) is 38.5 Å². The molecule has 1 aromatic heterocycles. The fraction of sp³-hybridized carbons (Fsp3) is 0.550. The lowest BCUT2D eigenvalue weighted by Crippen LogP contribution is -2.47. The maximum atomic E-state index is 13.0. The molecule has 0 spiro atoms. The number of fused-ring (bicyclic) bond motifs is 2. The molecule has 4 atom stereocenters. The minimum atomic E-state index is -0.917. The molecule has 2 amide bonds. The molecule has 2 bridgehead atoms. The van der Waals surface area contributed by atoms with E-state index in [1.807, 2.05) is 12.2 Å². The Morgan fingerprint density at radius 3 is 2.30 bits per heavy atom. The van der Waals surface area contributed by atoms with Crippen LogP contribution in [0.3, 0.4) is 0 Å². The summed E-state index contributed by atoms with van der Waals surface area (Å²) in [5, 5.41) is 17.8. The number of nitrogens with one attached hydrogen (secondary N) is 2. The van der Waals surface area contributed by atoms with Crippen LogP contribution >= 0.6 is 11.3 Å². The minimum Gasteiger partial charge on any atom is -0.481 e. The zero-order valence-corrected chi connectivity index (χ0v) is 15.8. The molecule has 27 heavy (non-hydrogen) atoms. The van der Waals surface area contributed by atoms with Gasteiger partial charge in [-0.2, -0.15) is 0 Å². The summed E-state index contributed by atoms with van der Waals surface area (Å²) in [6.45, 7) is 0. The van der Waals surface area contributed by atoms with Gasteiger partial charge in [0.25, 0.3) is 5.91 Å². The molecule has 5 rings (SSSR count). The van der Waals surface area contributed by atoms with Gasteiger partial charge in [0.2, 0.25) is 5.91 Å². The number of aliphatic carboxylic acids is 1. The Balaban J connectivity index is 1.48. The number of thiophene rings is 1. The molecular weight excluding hydrogens is 364 g/mol. The van der Waals surface area contributed by atoms with Crippen molar-refractivity contribution in [3.63, 3.8) is 0 Å². The van der Waals surface area contributed by atoms with E-state index < -0.39 is 17.8 Å². The van der Waals surface area contributed by atoms with Crippen LogP contribution in [0.4, 0.5) is 5.00 Å². The quantitative estimate of drug-likeness (QED) is 0.675. The van der Waals surface area contributed by atoms with E-state index in [9.17, 15) is 19.5 Å². The fourth-order valence-corrected chi connectivity index (χ4v) is 5.59. The first-order valence-electron chi connectivity index (χ1n) is 9.65. The summed E-state index contributed by atoms with van der Waals surface area (Å²) in [6, 6.07) is 1.92. The molecule has 4 unspecified atom stereocenters. The predicted octanol–water partition coefficient (Wildman–Crippen LogP) is 3.27. The molecule has 0 radical (unpaired) electrons. The Morgan fingerprint density at radius 2 is 1.67 bits per heavy atom. The van der Waals surface area contributed by atoms with E-state index in [-0.39, 0.29) is 29.7 Å². The lowest BCUT2D eigenvalue weighted by molar-refractivity contribution is -0.151. The molecular formula is C20H24N2O4S. The van der Waals surface area contributed by atoms with Crippen LogP contribution in [0, 0.1) is 23.7 Å². The molecule has 0 aliphatic heterocycles. The van der Waals surface area contributed by atoms with Gasteiger partial charge in [0, 0.05) is 6.04 Å². The van der Waals surface area contributed by atoms with Crippen molar-refractivity contribution in [2.45, 2.75) is 44.6 Å². The smallest absolute Gasteiger partial charge is 0.307 e. The van der Waals surface area contributed by atoms with Crippen LogP contribution in [0.25, 0.3) is 0 Å². The largest absolute Gasteiger partial charge is 0.481 e. The van der Waals surface area contributed by atoms with Crippen molar-refractivity contribution in [1.82, 2.24) is 5.32 Å². The van der Waals surface area contributed by atoms with Crippen LogP contribution in [0.1, 0.15) is 48.9 Å². The van der Waals surface area contributed by atoms with Gasteiger partial charge in [-0.15, -0.1) is 11.3 Å². The predicted molar refractivity (Wildman–Crippen MR) is 103 cm³/mol. The fourth-order valence-electron chi connectivity index (χ4n) is 4.80. The molecule has 3 N–H and O–H groups in total. The average molecular weight is 388 g/mol. The summed E-state index contributed by atoms with van der Waals surface area (Å²) >= 11 is 1.30. The second-order valence-corrected chi connectivity index (χ2v) is 8.70. The molecule has 144 valence electrons. The van der Waals surface area contributed by atoms with Crippen molar-refractivity contribution >= 4 is 34.1 Å². The SMILES string of the molecule is O=C(NC1CCCC1)c1ccsc1NC(=O)C1C2C=CC(CC2)C1C(=O)O. The number of carboxylic acid groups (broad SMARTS) is 1. The van der Waals surface area contributed by atoms with Gasteiger partial charge in [-0.05, 0) is 49.0 Å². The Hall–Kier alpha value is -2.15. The molecule has 0 saturated heterocycles. The summed E-state index contributed by atoms with van der Waals surface area (Å²) in [6.07, 6.45) is 9.84. The van der Waals surface area contributed by atoms with Crippen molar-refractivity contribution in [1.29, 1.82) is 0 Å². The Morgan fingerprint density at radius 1 is 1.00 bits per heavy atom. The monoisotopic (exact) mass is 388 g/mol. The first-order valence-corrected chi connectivity index (χ1v) is 10.5. The highest BCUT2D eigenvalue weighted by atomic mass is 32.1. The molecule has 7 heteroatoms. The zero-order chi connectivity index (χ0) is 19.0. The highest BCUT2D eigenvalue weighted by Crippen LogP contribution is 2.45. The van der Waals surface area contributed by atoms with Crippen LogP contribution in [-0.4, -0.2) is 28.9 Å². The van der Waals surface area contributed by atoms with Crippen molar-refractivity contribution in [3.8, 4) is 0 Å². The van der Waals surface area contributed by atoms with Crippen LogP contribution in [0.2, 0.25) is 0 Å². The standard InChI is InChI=1S/C20H24N2O4S/c23-17(21-13-3-1-2-4-13)14-9-10-27-19(14)22-18(24)15-11-5-7-12(8-6-11)16(15)20(25)26/h5,7,9-13,15-16H,1-4,6,8H2,(H,21,23)(H,22,24)(H,25,26). The number of anilines is 1. The summed E-state index contributed by atoms with van der Waals surface area (Å²) in [4.78, 5) is 37.3. The first kappa shape index (κ1) is 18.2. The van der Waals surface area contributed by atoms with Crippen molar-refractivity contribution < 1.29 is 19.5 Å². The van der Waals surface area contributed by atoms with Crippen LogP contribution < -0.4 is 10.6 Å². The number of carbonyl (C=O) groups is 3. The second-order valence-electron chi connectivity index (χ2n) is 7.79. The number of hydrogen-bond acceptors (Lipinski definition) is 4. The number of carboxylic acids is 1. The summed E-state index contributed by atoms with van der Waals surface area (Å²) < 4.78 is 0. The van der Waals surface area contributed by atoms with Gasteiger partial charge in [-0.3, -0.25) is 14.4 Å². The van der Waals surface area contributed by atoms with E-state index in [4.69, 9.17) is 0 Å². The topological polar surface area (TPSA) is 95.5 Å².